The highest BCUT2D eigenvalue weighted by Gasteiger charge is 2.26. The summed E-state index contributed by atoms with van der Waals surface area (Å²) in [5, 5.41) is 4.01. The second kappa shape index (κ2) is 6.45. The van der Waals surface area contributed by atoms with E-state index >= 15 is 0 Å². The third-order valence-corrected chi connectivity index (χ3v) is 6.88. The minimum Gasteiger partial charge on any atom is -0.298 e. The van der Waals surface area contributed by atoms with Crippen LogP contribution >= 0.6 is 0 Å². The maximum atomic E-state index is 12.1. The van der Waals surface area contributed by atoms with Gasteiger partial charge in [-0.25, -0.2) is 8.42 Å². The maximum Gasteiger partial charge on any atom is 0.154 e. The van der Waals surface area contributed by atoms with Gasteiger partial charge in [-0.2, -0.15) is 5.10 Å². The first-order valence-corrected chi connectivity index (χ1v) is 9.69. The van der Waals surface area contributed by atoms with Gasteiger partial charge in [0, 0.05) is 31.9 Å². The van der Waals surface area contributed by atoms with Gasteiger partial charge in [0.05, 0.1) is 16.7 Å². The lowest BCUT2D eigenvalue weighted by molar-refractivity contribution is 0.284. The fraction of sp³-hybridized carbons (Fsp3) is 0.471. The van der Waals surface area contributed by atoms with E-state index in [0.29, 0.717) is 13.0 Å². The molecule has 1 fully saturated rings. The molecule has 124 valence electrons. The first-order chi connectivity index (χ1) is 11.0. The SMILES string of the molecule is CC1CCN(Cc2ccccc2-c2ccnn2C)CCS1(=O)=O. The van der Waals surface area contributed by atoms with E-state index in [4.69, 9.17) is 0 Å². The van der Waals surface area contributed by atoms with Crippen LogP contribution in [0.4, 0.5) is 0 Å². The summed E-state index contributed by atoms with van der Waals surface area (Å²) in [5.74, 6) is 0.252. The van der Waals surface area contributed by atoms with Gasteiger partial charge >= 0.3 is 0 Å². The Bertz CT molecular complexity index is 783. The first kappa shape index (κ1) is 16.2. The highest BCUT2D eigenvalue weighted by Crippen LogP contribution is 2.25. The molecule has 1 atom stereocenters. The van der Waals surface area contributed by atoms with Gasteiger partial charge in [0.25, 0.3) is 0 Å². The van der Waals surface area contributed by atoms with Gasteiger partial charge in [0.2, 0.25) is 0 Å². The highest BCUT2D eigenvalue weighted by molar-refractivity contribution is 7.92. The molecule has 0 N–H and O–H groups in total. The van der Waals surface area contributed by atoms with Crippen molar-refractivity contribution < 1.29 is 8.42 Å². The summed E-state index contributed by atoms with van der Waals surface area (Å²) in [6.07, 6.45) is 2.50. The molecule has 2 aromatic rings. The van der Waals surface area contributed by atoms with Crippen LogP contribution in [0.1, 0.15) is 18.9 Å². The second-order valence-electron chi connectivity index (χ2n) is 6.24. The molecule has 1 aliphatic heterocycles. The van der Waals surface area contributed by atoms with Crippen molar-refractivity contribution >= 4 is 9.84 Å². The number of rotatable bonds is 3. The van der Waals surface area contributed by atoms with Crippen LogP contribution in [-0.4, -0.2) is 47.2 Å². The Morgan fingerprint density at radius 3 is 2.74 bits per heavy atom. The van der Waals surface area contributed by atoms with Crippen molar-refractivity contribution in [2.24, 2.45) is 7.05 Å². The summed E-state index contributed by atoms with van der Waals surface area (Å²) in [7, 11) is -1.00. The summed E-state index contributed by atoms with van der Waals surface area (Å²) in [6, 6.07) is 10.3. The van der Waals surface area contributed by atoms with Crippen molar-refractivity contribution in [2.45, 2.75) is 25.1 Å². The standard InChI is InChI=1S/C17H23N3O2S/c1-14-8-10-20(11-12-23(14,21)22)13-15-5-3-4-6-16(15)17-7-9-18-19(17)2/h3-7,9,14H,8,10-13H2,1-2H3. The topological polar surface area (TPSA) is 55.2 Å². The normalized spacial score (nSPS) is 21.9. The summed E-state index contributed by atoms with van der Waals surface area (Å²) in [6.45, 7) is 4.01. The molecule has 0 bridgehead atoms. The summed E-state index contributed by atoms with van der Waals surface area (Å²) < 4.78 is 26.0. The van der Waals surface area contributed by atoms with E-state index in [1.807, 2.05) is 36.9 Å². The number of hydrogen-bond donors (Lipinski definition) is 0. The number of hydrogen-bond acceptors (Lipinski definition) is 4. The van der Waals surface area contributed by atoms with E-state index in [9.17, 15) is 8.42 Å². The fourth-order valence-electron chi connectivity index (χ4n) is 3.06. The van der Waals surface area contributed by atoms with E-state index in [1.54, 1.807) is 6.20 Å². The van der Waals surface area contributed by atoms with Crippen molar-refractivity contribution in [2.75, 3.05) is 18.8 Å². The zero-order valence-electron chi connectivity index (χ0n) is 13.6. The lowest BCUT2D eigenvalue weighted by Gasteiger charge is -2.21. The van der Waals surface area contributed by atoms with Crippen molar-refractivity contribution in [1.82, 2.24) is 14.7 Å². The Balaban J connectivity index is 1.83. The van der Waals surface area contributed by atoms with E-state index in [-0.39, 0.29) is 11.0 Å². The van der Waals surface area contributed by atoms with E-state index < -0.39 is 9.84 Å². The summed E-state index contributed by atoms with van der Waals surface area (Å²) in [5.41, 5.74) is 3.45. The van der Waals surface area contributed by atoms with Crippen LogP contribution in [0, 0.1) is 0 Å². The largest absolute Gasteiger partial charge is 0.298 e. The van der Waals surface area contributed by atoms with Crippen LogP contribution in [0.3, 0.4) is 0 Å². The third kappa shape index (κ3) is 3.48. The van der Waals surface area contributed by atoms with Gasteiger partial charge in [-0.3, -0.25) is 9.58 Å². The molecule has 0 aliphatic carbocycles. The van der Waals surface area contributed by atoms with Crippen molar-refractivity contribution in [3.63, 3.8) is 0 Å². The van der Waals surface area contributed by atoms with Gasteiger partial charge in [0.15, 0.2) is 9.84 Å². The number of aromatic nitrogens is 2. The predicted molar refractivity (Wildman–Crippen MR) is 91.8 cm³/mol. The lowest BCUT2D eigenvalue weighted by Crippen LogP contribution is -2.27. The molecular formula is C17H23N3O2S. The zero-order valence-corrected chi connectivity index (χ0v) is 14.5. The van der Waals surface area contributed by atoms with Crippen LogP contribution in [0.25, 0.3) is 11.3 Å². The van der Waals surface area contributed by atoms with Gasteiger partial charge in [-0.05, 0) is 31.5 Å². The molecule has 1 aliphatic rings. The molecule has 6 heteroatoms. The van der Waals surface area contributed by atoms with Gasteiger partial charge in [-0.1, -0.05) is 24.3 Å². The highest BCUT2D eigenvalue weighted by atomic mass is 32.2. The predicted octanol–water partition coefficient (Wildman–Crippen LogP) is 2.10. The summed E-state index contributed by atoms with van der Waals surface area (Å²) >= 11 is 0. The zero-order chi connectivity index (χ0) is 16.4. The third-order valence-electron chi connectivity index (χ3n) is 4.67. The van der Waals surface area contributed by atoms with Crippen LogP contribution in [-0.2, 0) is 23.4 Å². The molecule has 0 spiro atoms. The molecule has 5 nitrogen and oxygen atoms in total. The average molecular weight is 333 g/mol. The molecule has 1 aromatic carbocycles. The molecule has 1 aromatic heterocycles. The van der Waals surface area contributed by atoms with Crippen LogP contribution in [0.2, 0.25) is 0 Å². The maximum absolute atomic E-state index is 12.1. The van der Waals surface area contributed by atoms with Gasteiger partial charge in [0.1, 0.15) is 0 Å². The molecule has 2 heterocycles. The Labute approximate surface area is 137 Å². The molecule has 1 unspecified atom stereocenters. The minimum atomic E-state index is -2.94. The Morgan fingerprint density at radius 1 is 1.22 bits per heavy atom. The monoisotopic (exact) mass is 333 g/mol. The quantitative estimate of drug-likeness (QED) is 0.863. The number of nitrogens with zero attached hydrogens (tertiary/aromatic N) is 3. The van der Waals surface area contributed by atoms with Gasteiger partial charge < -0.3 is 0 Å². The Hall–Kier alpha value is -1.66. The summed E-state index contributed by atoms with van der Waals surface area (Å²) in [4.78, 5) is 2.25. The van der Waals surface area contributed by atoms with Crippen molar-refractivity contribution in [3.8, 4) is 11.3 Å². The van der Waals surface area contributed by atoms with Crippen molar-refractivity contribution in [3.05, 3.63) is 42.1 Å². The minimum absolute atomic E-state index is 0.236. The van der Waals surface area contributed by atoms with E-state index in [1.165, 1.54) is 5.56 Å². The molecular weight excluding hydrogens is 310 g/mol. The average Bonchev–Trinajstić information content (AvgIpc) is 2.90. The van der Waals surface area contributed by atoms with Crippen LogP contribution < -0.4 is 0 Å². The molecule has 0 radical (unpaired) electrons. The molecule has 0 saturated carbocycles. The molecule has 3 rings (SSSR count). The van der Waals surface area contributed by atoms with E-state index in [2.05, 4.69) is 22.1 Å². The van der Waals surface area contributed by atoms with Crippen LogP contribution in [0.15, 0.2) is 36.5 Å². The number of aryl methyl sites for hydroxylation is 1. The van der Waals surface area contributed by atoms with Crippen molar-refractivity contribution in [1.29, 1.82) is 0 Å². The molecule has 0 amide bonds. The molecule has 23 heavy (non-hydrogen) atoms. The van der Waals surface area contributed by atoms with Crippen LogP contribution in [0.5, 0.6) is 0 Å². The number of benzene rings is 1. The molecule has 1 saturated heterocycles. The Kier molecular flexibility index (Phi) is 4.55. The lowest BCUT2D eigenvalue weighted by atomic mass is 10.0. The first-order valence-electron chi connectivity index (χ1n) is 7.97. The second-order valence-corrected chi connectivity index (χ2v) is 8.78. The van der Waals surface area contributed by atoms with E-state index in [0.717, 1.165) is 24.3 Å². The smallest absolute Gasteiger partial charge is 0.154 e. The number of sulfone groups is 1. The Morgan fingerprint density at radius 2 is 2.00 bits per heavy atom. The van der Waals surface area contributed by atoms with Gasteiger partial charge in [-0.15, -0.1) is 0 Å². The fourth-order valence-corrected chi connectivity index (χ4v) is 4.44.